The van der Waals surface area contributed by atoms with Crippen LogP contribution in [0.4, 0.5) is 0 Å². The standard InChI is InChI=1S/C23H29N5O4S/c29-22-9-12-27(23(30)25-22)21-16-24-28-13-8-18(15-20(21)28)14-17-6-10-26(11-7-17)33(31,32)19-4-2-1-3-5-19/h8-9,12-13,15-17,19H,1-7,10-11,14H2,(H,25,29,30). The third-order valence-corrected chi connectivity index (χ3v) is 9.48. The van der Waals surface area contributed by atoms with E-state index < -0.39 is 21.3 Å². The molecule has 9 nitrogen and oxygen atoms in total. The number of nitrogens with zero attached hydrogens (tertiary/aromatic N) is 4. The van der Waals surface area contributed by atoms with Crippen molar-refractivity contribution in [3.63, 3.8) is 0 Å². The second kappa shape index (κ2) is 8.90. The minimum Gasteiger partial charge on any atom is -0.274 e. The molecule has 0 atom stereocenters. The maximum Gasteiger partial charge on any atom is 0.333 e. The average molecular weight is 472 g/mol. The average Bonchev–Trinajstić information content (AvgIpc) is 3.23. The van der Waals surface area contributed by atoms with E-state index in [-0.39, 0.29) is 5.25 Å². The Bertz CT molecular complexity index is 1360. The molecule has 1 saturated carbocycles. The van der Waals surface area contributed by atoms with Crippen LogP contribution in [0.15, 0.2) is 46.4 Å². The monoisotopic (exact) mass is 471 g/mol. The number of pyridine rings is 1. The Morgan fingerprint density at radius 2 is 1.76 bits per heavy atom. The van der Waals surface area contributed by atoms with Crippen LogP contribution in [0.5, 0.6) is 0 Å². The fourth-order valence-corrected chi connectivity index (χ4v) is 7.28. The first kappa shape index (κ1) is 22.1. The molecule has 0 radical (unpaired) electrons. The van der Waals surface area contributed by atoms with E-state index in [2.05, 4.69) is 10.1 Å². The summed E-state index contributed by atoms with van der Waals surface area (Å²) >= 11 is 0. The number of sulfonamides is 1. The van der Waals surface area contributed by atoms with E-state index in [4.69, 9.17) is 0 Å². The maximum atomic E-state index is 13.0. The molecule has 0 unspecified atom stereocenters. The first-order valence-electron chi connectivity index (χ1n) is 11.7. The predicted molar refractivity (Wildman–Crippen MR) is 125 cm³/mol. The predicted octanol–water partition coefficient (Wildman–Crippen LogP) is 2.09. The first-order valence-corrected chi connectivity index (χ1v) is 13.2. The zero-order valence-electron chi connectivity index (χ0n) is 18.5. The van der Waals surface area contributed by atoms with Gasteiger partial charge in [-0.3, -0.25) is 14.3 Å². The summed E-state index contributed by atoms with van der Waals surface area (Å²) in [5.41, 5.74) is 1.56. The van der Waals surface area contributed by atoms with Crippen LogP contribution in [0.1, 0.15) is 50.5 Å². The molecule has 3 aromatic rings. The van der Waals surface area contributed by atoms with Gasteiger partial charge in [0.2, 0.25) is 10.0 Å². The molecule has 33 heavy (non-hydrogen) atoms. The van der Waals surface area contributed by atoms with Crippen LogP contribution in [-0.2, 0) is 16.4 Å². The summed E-state index contributed by atoms with van der Waals surface area (Å²) in [5, 5.41) is 4.13. The minimum absolute atomic E-state index is 0.193. The van der Waals surface area contributed by atoms with Crippen LogP contribution in [0, 0.1) is 5.92 Å². The molecule has 1 aliphatic heterocycles. The van der Waals surface area contributed by atoms with Gasteiger partial charge in [0.1, 0.15) is 0 Å². The van der Waals surface area contributed by atoms with E-state index in [0.717, 1.165) is 62.4 Å². The summed E-state index contributed by atoms with van der Waals surface area (Å²) in [5.74, 6) is 0.410. The van der Waals surface area contributed by atoms with E-state index in [9.17, 15) is 18.0 Å². The third kappa shape index (κ3) is 4.41. The lowest BCUT2D eigenvalue weighted by atomic mass is 9.91. The maximum absolute atomic E-state index is 13.0. The molecule has 2 aliphatic rings. The van der Waals surface area contributed by atoms with Gasteiger partial charge in [-0.1, -0.05) is 19.3 Å². The number of piperidine rings is 1. The van der Waals surface area contributed by atoms with E-state index in [1.54, 1.807) is 15.0 Å². The molecule has 3 aromatic heterocycles. The molecule has 2 fully saturated rings. The highest BCUT2D eigenvalue weighted by Crippen LogP contribution is 2.30. The lowest BCUT2D eigenvalue weighted by Crippen LogP contribution is -2.44. The quantitative estimate of drug-likeness (QED) is 0.613. The topological polar surface area (TPSA) is 110 Å². The first-order chi connectivity index (χ1) is 15.9. The molecule has 1 saturated heterocycles. The van der Waals surface area contributed by atoms with Crippen molar-refractivity contribution in [3.8, 4) is 5.69 Å². The Labute approximate surface area is 192 Å². The molecule has 4 heterocycles. The number of H-pyrrole nitrogens is 1. The van der Waals surface area contributed by atoms with E-state index >= 15 is 0 Å². The van der Waals surface area contributed by atoms with Crippen molar-refractivity contribution in [1.82, 2.24) is 23.5 Å². The van der Waals surface area contributed by atoms with E-state index in [0.29, 0.717) is 24.7 Å². The smallest absolute Gasteiger partial charge is 0.274 e. The molecule has 5 rings (SSSR count). The lowest BCUT2D eigenvalue weighted by molar-refractivity contribution is 0.268. The fourth-order valence-electron chi connectivity index (χ4n) is 5.21. The second-order valence-corrected chi connectivity index (χ2v) is 11.4. The largest absolute Gasteiger partial charge is 0.333 e. The summed E-state index contributed by atoms with van der Waals surface area (Å²) in [4.78, 5) is 25.9. The molecule has 10 heteroatoms. The number of rotatable bonds is 5. The molecule has 0 amide bonds. The van der Waals surface area contributed by atoms with Gasteiger partial charge in [0, 0.05) is 31.5 Å². The van der Waals surface area contributed by atoms with Gasteiger partial charge in [0.05, 0.1) is 22.7 Å². The highest BCUT2D eigenvalue weighted by molar-refractivity contribution is 7.89. The molecule has 176 valence electrons. The van der Waals surface area contributed by atoms with E-state index in [1.165, 1.54) is 16.8 Å². The Hall–Kier alpha value is -2.72. The number of hydrogen-bond donors (Lipinski definition) is 1. The van der Waals surface area contributed by atoms with Crippen molar-refractivity contribution in [2.45, 2.75) is 56.6 Å². The number of aromatic nitrogens is 4. The van der Waals surface area contributed by atoms with Crippen molar-refractivity contribution >= 4 is 15.5 Å². The van der Waals surface area contributed by atoms with Gasteiger partial charge in [-0.2, -0.15) is 5.10 Å². The minimum atomic E-state index is -3.18. The summed E-state index contributed by atoms with van der Waals surface area (Å²) in [7, 11) is -3.18. The summed E-state index contributed by atoms with van der Waals surface area (Å²) in [6.45, 7) is 1.19. The zero-order valence-corrected chi connectivity index (χ0v) is 19.3. The Morgan fingerprint density at radius 1 is 1.00 bits per heavy atom. The van der Waals surface area contributed by atoms with Crippen molar-refractivity contribution < 1.29 is 8.42 Å². The van der Waals surface area contributed by atoms with Crippen molar-refractivity contribution in [3.05, 3.63) is 63.2 Å². The molecule has 1 N–H and O–H groups in total. The highest BCUT2D eigenvalue weighted by atomic mass is 32.2. The highest BCUT2D eigenvalue weighted by Gasteiger charge is 2.35. The fraction of sp³-hybridized carbons (Fsp3) is 0.522. The summed E-state index contributed by atoms with van der Waals surface area (Å²) < 4.78 is 30.8. The molecular weight excluding hydrogens is 442 g/mol. The number of hydrogen-bond acceptors (Lipinski definition) is 5. The van der Waals surface area contributed by atoms with E-state index in [1.807, 2.05) is 18.3 Å². The molecule has 0 bridgehead atoms. The van der Waals surface area contributed by atoms with Gasteiger partial charge in [0.15, 0.2) is 0 Å². The van der Waals surface area contributed by atoms with Crippen LogP contribution < -0.4 is 11.2 Å². The summed E-state index contributed by atoms with van der Waals surface area (Å²) in [6, 6.07) is 5.35. The van der Waals surface area contributed by atoms with Crippen molar-refractivity contribution in [2.75, 3.05) is 13.1 Å². The number of nitrogens with one attached hydrogen (secondary N) is 1. The van der Waals surface area contributed by atoms with Gasteiger partial charge >= 0.3 is 5.69 Å². The number of fused-ring (bicyclic) bond motifs is 1. The van der Waals surface area contributed by atoms with Crippen LogP contribution in [0.25, 0.3) is 11.2 Å². The lowest BCUT2D eigenvalue weighted by Gasteiger charge is -2.35. The Kier molecular flexibility index (Phi) is 5.96. The molecular formula is C23H29N5O4S. The SMILES string of the molecule is O=c1ccn(-c2cnn3ccc(CC4CCN(S(=O)(=O)C5CCCCC5)CC4)cc23)c(=O)[nH]1. The Morgan fingerprint density at radius 3 is 2.48 bits per heavy atom. The van der Waals surface area contributed by atoms with Crippen LogP contribution in [0.2, 0.25) is 0 Å². The second-order valence-electron chi connectivity index (χ2n) is 9.23. The normalized spacial score (nSPS) is 19.3. The van der Waals surface area contributed by atoms with Gasteiger partial charge in [0.25, 0.3) is 5.56 Å². The Balaban J connectivity index is 1.29. The van der Waals surface area contributed by atoms with Crippen molar-refractivity contribution in [2.24, 2.45) is 5.92 Å². The number of aromatic amines is 1. The van der Waals surface area contributed by atoms with Crippen LogP contribution in [-0.4, -0.2) is 50.2 Å². The van der Waals surface area contributed by atoms with Crippen LogP contribution in [0.3, 0.4) is 0 Å². The molecule has 0 spiro atoms. The van der Waals surface area contributed by atoms with Gasteiger partial charge in [-0.15, -0.1) is 0 Å². The molecule has 0 aromatic carbocycles. The van der Waals surface area contributed by atoms with Crippen molar-refractivity contribution in [1.29, 1.82) is 0 Å². The van der Waals surface area contributed by atoms with Crippen LogP contribution >= 0.6 is 0 Å². The van der Waals surface area contributed by atoms with Gasteiger partial charge < -0.3 is 0 Å². The van der Waals surface area contributed by atoms with Gasteiger partial charge in [-0.25, -0.2) is 22.0 Å². The third-order valence-electron chi connectivity index (χ3n) is 7.08. The van der Waals surface area contributed by atoms with Gasteiger partial charge in [-0.05, 0) is 55.7 Å². The molecule has 1 aliphatic carbocycles. The zero-order chi connectivity index (χ0) is 23.0. The summed E-state index contributed by atoms with van der Waals surface area (Å²) in [6.07, 6.45) is 12.3.